The Morgan fingerprint density at radius 2 is 1.50 bits per heavy atom. The van der Waals surface area contributed by atoms with E-state index in [0.29, 0.717) is 11.5 Å². The molecule has 0 N–H and O–H groups in total. The maximum Gasteiger partial charge on any atom is 0.444 e. The molecule has 0 aliphatic rings. The average molecular weight is 344 g/mol. The number of terminal acetylenes is 1. The van der Waals surface area contributed by atoms with E-state index < -0.39 is 19.2 Å². The molecule has 2 aromatic carbocycles. The Morgan fingerprint density at radius 3 is 1.92 bits per heavy atom. The molecular weight excluding hydrogens is 327 g/mol. The molecule has 2 aromatic rings. The topological polar surface area (TPSA) is 61.8 Å². The third-order valence-electron chi connectivity index (χ3n) is 3.06. The van der Waals surface area contributed by atoms with Gasteiger partial charge >= 0.3 is 13.6 Å². The number of carbonyl (C=O) groups is 1. The zero-order chi connectivity index (χ0) is 17.4. The lowest BCUT2D eigenvalue weighted by Crippen LogP contribution is -2.25. The molecule has 2 rings (SSSR count). The Labute approximate surface area is 141 Å². The van der Waals surface area contributed by atoms with Crippen LogP contribution in [0, 0.1) is 12.3 Å². The van der Waals surface area contributed by atoms with Gasteiger partial charge in [-0.15, -0.1) is 6.42 Å². The van der Waals surface area contributed by atoms with Crippen molar-refractivity contribution in [1.29, 1.82) is 0 Å². The lowest BCUT2D eigenvalue weighted by atomic mass is 10.3. The third-order valence-corrected chi connectivity index (χ3v) is 5.16. The lowest BCUT2D eigenvalue weighted by molar-refractivity contribution is -0.141. The fourth-order valence-corrected chi connectivity index (χ4v) is 3.31. The highest BCUT2D eigenvalue weighted by Crippen LogP contribution is 2.53. The van der Waals surface area contributed by atoms with Crippen LogP contribution in [-0.2, 0) is 14.1 Å². The largest absolute Gasteiger partial charge is 0.452 e. The molecule has 0 heterocycles. The van der Waals surface area contributed by atoms with Crippen molar-refractivity contribution in [2.75, 3.05) is 6.61 Å². The maximum atomic E-state index is 13.3. The Kier molecular flexibility index (Phi) is 6.06. The molecule has 24 heavy (non-hydrogen) atoms. The number of rotatable bonds is 7. The third kappa shape index (κ3) is 4.65. The number of hydrogen-bond acceptors (Lipinski definition) is 5. The van der Waals surface area contributed by atoms with Crippen LogP contribution in [-0.4, -0.2) is 18.2 Å². The second kappa shape index (κ2) is 8.24. The molecule has 6 heteroatoms. The van der Waals surface area contributed by atoms with E-state index in [1.807, 2.05) is 0 Å². The summed E-state index contributed by atoms with van der Waals surface area (Å²) in [5.74, 6) is 2.10. The van der Waals surface area contributed by atoms with Gasteiger partial charge in [-0.1, -0.05) is 42.3 Å². The van der Waals surface area contributed by atoms with Crippen LogP contribution in [0.25, 0.3) is 0 Å². The lowest BCUT2D eigenvalue weighted by Gasteiger charge is -2.23. The molecular formula is C18H17O5P. The maximum absolute atomic E-state index is 13.3. The summed E-state index contributed by atoms with van der Waals surface area (Å²) in [6, 6.07) is 17.0. The van der Waals surface area contributed by atoms with Gasteiger partial charge in [0.1, 0.15) is 11.5 Å². The first-order chi connectivity index (χ1) is 11.5. The van der Waals surface area contributed by atoms with Crippen molar-refractivity contribution < 1.29 is 23.1 Å². The minimum Gasteiger partial charge on any atom is -0.452 e. The number of hydrogen-bond donors (Lipinski definition) is 0. The van der Waals surface area contributed by atoms with Crippen LogP contribution in [0.2, 0.25) is 0 Å². The number of ether oxygens (including phenoxy) is 1. The fraction of sp³-hybridized carbons (Fsp3) is 0.167. The van der Waals surface area contributed by atoms with Gasteiger partial charge < -0.3 is 13.8 Å². The standard InChI is InChI=1S/C18H17O5P/c1-3-14-21-18(19)15(2)24(20,22-16-10-6-4-7-11-16)23-17-12-8-5-9-13-17/h1,4-13,15H,14H2,2H3. The van der Waals surface area contributed by atoms with E-state index in [9.17, 15) is 9.36 Å². The molecule has 1 unspecified atom stereocenters. The molecule has 0 spiro atoms. The SMILES string of the molecule is C#CCOC(=O)C(C)P(=O)(Oc1ccccc1)Oc1ccccc1. The van der Waals surface area contributed by atoms with Crippen molar-refractivity contribution in [3.63, 3.8) is 0 Å². The van der Waals surface area contributed by atoms with E-state index >= 15 is 0 Å². The number of carbonyl (C=O) groups excluding carboxylic acids is 1. The van der Waals surface area contributed by atoms with Crippen molar-refractivity contribution in [3.8, 4) is 23.8 Å². The summed E-state index contributed by atoms with van der Waals surface area (Å²) in [5, 5.41) is 0. The van der Waals surface area contributed by atoms with Crippen LogP contribution in [0.15, 0.2) is 60.7 Å². The molecule has 0 fully saturated rings. The van der Waals surface area contributed by atoms with Crippen LogP contribution in [0.1, 0.15) is 6.92 Å². The molecule has 1 atom stereocenters. The summed E-state index contributed by atoms with van der Waals surface area (Å²) in [7, 11) is -3.89. The van der Waals surface area contributed by atoms with Crippen LogP contribution in [0.3, 0.4) is 0 Å². The van der Waals surface area contributed by atoms with Crippen LogP contribution >= 0.6 is 7.60 Å². The minimum atomic E-state index is -3.89. The predicted octanol–water partition coefficient (Wildman–Crippen LogP) is 3.90. The molecule has 0 bridgehead atoms. The van der Waals surface area contributed by atoms with Gasteiger partial charge in [0.05, 0.1) is 0 Å². The highest BCUT2D eigenvalue weighted by atomic mass is 31.2. The van der Waals surface area contributed by atoms with Gasteiger partial charge in [0, 0.05) is 0 Å². The Bertz CT molecular complexity index is 706. The van der Waals surface area contributed by atoms with Crippen molar-refractivity contribution in [3.05, 3.63) is 60.7 Å². The van der Waals surface area contributed by atoms with Gasteiger partial charge in [-0.2, -0.15) is 0 Å². The van der Waals surface area contributed by atoms with Gasteiger partial charge in [-0.05, 0) is 31.2 Å². The molecule has 0 aliphatic heterocycles. The molecule has 0 aliphatic carbocycles. The molecule has 0 amide bonds. The first-order valence-electron chi connectivity index (χ1n) is 7.24. The number of para-hydroxylation sites is 2. The molecule has 0 aromatic heterocycles. The summed E-state index contributed by atoms with van der Waals surface area (Å²) in [5.41, 5.74) is -1.15. The smallest absolute Gasteiger partial charge is 0.444 e. The Morgan fingerprint density at radius 1 is 1.04 bits per heavy atom. The molecule has 5 nitrogen and oxygen atoms in total. The Hall–Kier alpha value is -2.70. The minimum absolute atomic E-state index is 0.208. The summed E-state index contributed by atoms with van der Waals surface area (Å²) in [6.45, 7) is 1.21. The van der Waals surface area contributed by atoms with E-state index in [1.54, 1.807) is 60.7 Å². The highest BCUT2D eigenvalue weighted by molar-refractivity contribution is 7.56. The van der Waals surface area contributed by atoms with Crippen molar-refractivity contribution in [2.24, 2.45) is 0 Å². The van der Waals surface area contributed by atoms with Crippen LogP contribution in [0.4, 0.5) is 0 Å². The van der Waals surface area contributed by atoms with Crippen LogP contribution in [0.5, 0.6) is 11.5 Å². The first kappa shape index (κ1) is 17.7. The number of benzene rings is 2. The highest BCUT2D eigenvalue weighted by Gasteiger charge is 2.42. The number of esters is 1. The average Bonchev–Trinajstić information content (AvgIpc) is 2.60. The zero-order valence-corrected chi connectivity index (χ0v) is 14.0. The van der Waals surface area contributed by atoms with E-state index in [-0.39, 0.29) is 6.61 Å². The molecule has 124 valence electrons. The normalized spacial score (nSPS) is 11.8. The van der Waals surface area contributed by atoms with Gasteiger partial charge in [0.15, 0.2) is 12.3 Å². The predicted molar refractivity (Wildman–Crippen MR) is 91.0 cm³/mol. The van der Waals surface area contributed by atoms with Gasteiger partial charge in [-0.25, -0.2) is 4.57 Å². The van der Waals surface area contributed by atoms with E-state index in [2.05, 4.69) is 5.92 Å². The summed E-state index contributed by atoms with van der Waals surface area (Å²) >= 11 is 0. The second-order valence-corrected chi connectivity index (χ2v) is 7.06. The summed E-state index contributed by atoms with van der Waals surface area (Å²) in [6.07, 6.45) is 5.07. The van der Waals surface area contributed by atoms with Crippen LogP contribution < -0.4 is 9.05 Å². The van der Waals surface area contributed by atoms with Crippen molar-refractivity contribution in [2.45, 2.75) is 12.6 Å². The monoisotopic (exact) mass is 344 g/mol. The Balaban J connectivity index is 2.28. The summed E-state index contributed by atoms with van der Waals surface area (Å²) < 4.78 is 29.2. The summed E-state index contributed by atoms with van der Waals surface area (Å²) in [4.78, 5) is 12.1. The first-order valence-corrected chi connectivity index (χ1v) is 8.85. The molecule has 0 radical (unpaired) electrons. The van der Waals surface area contributed by atoms with E-state index in [4.69, 9.17) is 20.2 Å². The van der Waals surface area contributed by atoms with Crippen molar-refractivity contribution in [1.82, 2.24) is 0 Å². The van der Waals surface area contributed by atoms with Crippen molar-refractivity contribution >= 4 is 13.6 Å². The van der Waals surface area contributed by atoms with Gasteiger partial charge in [-0.3, -0.25) is 4.79 Å². The molecule has 0 saturated heterocycles. The molecule has 0 saturated carbocycles. The fourth-order valence-electron chi connectivity index (χ4n) is 1.80. The zero-order valence-electron chi connectivity index (χ0n) is 13.1. The second-order valence-electron chi connectivity index (χ2n) is 4.84. The van der Waals surface area contributed by atoms with E-state index in [1.165, 1.54) is 6.92 Å². The quantitative estimate of drug-likeness (QED) is 0.433. The van der Waals surface area contributed by atoms with E-state index in [0.717, 1.165) is 0 Å². The van der Waals surface area contributed by atoms with Gasteiger partial charge in [0.25, 0.3) is 0 Å². The van der Waals surface area contributed by atoms with Gasteiger partial charge in [0.2, 0.25) is 0 Å².